The van der Waals surface area contributed by atoms with E-state index in [0.717, 1.165) is 32.1 Å². The molecule has 5 nitrogen and oxygen atoms in total. The number of rotatable bonds is 1. The number of nitrogens with two attached hydrogens (primary N) is 1. The summed E-state index contributed by atoms with van der Waals surface area (Å²) in [5, 5.41) is 0. The monoisotopic (exact) mass is 193 g/mol. The molecule has 76 valence electrons. The topological polar surface area (TPSA) is 58.3 Å². The first-order chi connectivity index (χ1) is 6.75. The number of likely N-dealkylation sites (N-methyl/N-ethyl adjacent to an activating group) is 1. The standard InChI is InChI=1S/C9H15N5/c1-13-4-6-14(7-5-13)9-11-3-2-8(10)12-9/h2-3H,4-7H2,1H3,(H2,10,11,12). The van der Waals surface area contributed by atoms with E-state index in [0.29, 0.717) is 5.82 Å². The van der Waals surface area contributed by atoms with Crippen LogP contribution in [-0.4, -0.2) is 48.1 Å². The van der Waals surface area contributed by atoms with Gasteiger partial charge in [-0.3, -0.25) is 0 Å². The van der Waals surface area contributed by atoms with Crippen LogP contribution in [0.4, 0.5) is 11.8 Å². The second-order valence-electron chi connectivity index (χ2n) is 3.57. The van der Waals surface area contributed by atoms with Gasteiger partial charge in [-0.15, -0.1) is 0 Å². The molecular formula is C9H15N5. The fraction of sp³-hybridized carbons (Fsp3) is 0.556. The molecule has 0 aliphatic carbocycles. The molecule has 2 heterocycles. The number of anilines is 2. The average molecular weight is 193 g/mol. The maximum absolute atomic E-state index is 5.60. The lowest BCUT2D eigenvalue weighted by molar-refractivity contribution is 0.311. The lowest BCUT2D eigenvalue weighted by Crippen LogP contribution is -2.45. The maximum Gasteiger partial charge on any atom is 0.227 e. The van der Waals surface area contributed by atoms with Crippen molar-refractivity contribution in [3.63, 3.8) is 0 Å². The van der Waals surface area contributed by atoms with Gasteiger partial charge in [-0.25, -0.2) is 4.98 Å². The van der Waals surface area contributed by atoms with Crippen molar-refractivity contribution in [2.45, 2.75) is 0 Å². The van der Waals surface area contributed by atoms with Crippen molar-refractivity contribution in [1.82, 2.24) is 14.9 Å². The van der Waals surface area contributed by atoms with Crippen LogP contribution in [0, 0.1) is 0 Å². The Kier molecular flexibility index (Phi) is 2.49. The third-order valence-corrected chi connectivity index (χ3v) is 2.45. The van der Waals surface area contributed by atoms with Gasteiger partial charge in [0.25, 0.3) is 0 Å². The summed E-state index contributed by atoms with van der Waals surface area (Å²) in [7, 11) is 2.12. The Bertz CT molecular complexity index is 306. The minimum absolute atomic E-state index is 0.536. The second-order valence-corrected chi connectivity index (χ2v) is 3.57. The Morgan fingerprint density at radius 1 is 1.29 bits per heavy atom. The zero-order valence-electron chi connectivity index (χ0n) is 8.35. The summed E-state index contributed by atoms with van der Waals surface area (Å²) in [6, 6.07) is 1.71. The molecule has 1 aromatic heterocycles. The molecule has 0 atom stereocenters. The number of nitrogens with zero attached hydrogens (tertiary/aromatic N) is 4. The maximum atomic E-state index is 5.60. The van der Waals surface area contributed by atoms with Crippen LogP contribution in [0.2, 0.25) is 0 Å². The molecule has 2 rings (SSSR count). The van der Waals surface area contributed by atoms with Gasteiger partial charge in [0.1, 0.15) is 5.82 Å². The van der Waals surface area contributed by atoms with Crippen molar-refractivity contribution < 1.29 is 0 Å². The van der Waals surface area contributed by atoms with E-state index in [-0.39, 0.29) is 0 Å². The van der Waals surface area contributed by atoms with E-state index >= 15 is 0 Å². The van der Waals surface area contributed by atoms with Gasteiger partial charge in [-0.1, -0.05) is 0 Å². The minimum Gasteiger partial charge on any atom is -0.384 e. The van der Waals surface area contributed by atoms with Crippen molar-refractivity contribution >= 4 is 11.8 Å². The summed E-state index contributed by atoms with van der Waals surface area (Å²) in [6.45, 7) is 4.05. The first kappa shape index (κ1) is 9.21. The van der Waals surface area contributed by atoms with Gasteiger partial charge in [0, 0.05) is 32.4 Å². The lowest BCUT2D eigenvalue weighted by Gasteiger charge is -2.32. The summed E-state index contributed by atoms with van der Waals surface area (Å²) in [5.41, 5.74) is 5.60. The Morgan fingerprint density at radius 2 is 2.00 bits per heavy atom. The zero-order valence-corrected chi connectivity index (χ0v) is 8.35. The molecule has 5 heteroatoms. The van der Waals surface area contributed by atoms with Gasteiger partial charge < -0.3 is 15.5 Å². The van der Waals surface area contributed by atoms with Crippen LogP contribution in [0.15, 0.2) is 12.3 Å². The minimum atomic E-state index is 0.536. The third kappa shape index (κ3) is 1.93. The molecule has 0 bridgehead atoms. The van der Waals surface area contributed by atoms with E-state index in [4.69, 9.17) is 5.73 Å². The van der Waals surface area contributed by atoms with Crippen LogP contribution in [0.5, 0.6) is 0 Å². The lowest BCUT2D eigenvalue weighted by atomic mass is 10.3. The van der Waals surface area contributed by atoms with Gasteiger partial charge in [-0.2, -0.15) is 4.98 Å². The van der Waals surface area contributed by atoms with E-state index in [1.165, 1.54) is 0 Å². The molecule has 1 saturated heterocycles. The molecule has 0 aromatic carbocycles. The highest BCUT2D eigenvalue weighted by atomic mass is 15.3. The molecule has 0 unspecified atom stereocenters. The predicted octanol–water partition coefficient (Wildman–Crippen LogP) is -0.189. The van der Waals surface area contributed by atoms with E-state index in [9.17, 15) is 0 Å². The van der Waals surface area contributed by atoms with Crippen molar-refractivity contribution in [3.05, 3.63) is 12.3 Å². The highest BCUT2D eigenvalue weighted by Crippen LogP contribution is 2.10. The quantitative estimate of drug-likeness (QED) is 0.670. The molecule has 2 N–H and O–H groups in total. The van der Waals surface area contributed by atoms with Crippen molar-refractivity contribution in [3.8, 4) is 0 Å². The summed E-state index contributed by atoms with van der Waals surface area (Å²) in [4.78, 5) is 12.9. The van der Waals surface area contributed by atoms with Crippen molar-refractivity contribution in [1.29, 1.82) is 0 Å². The Balaban J connectivity index is 2.08. The molecule has 0 saturated carbocycles. The van der Waals surface area contributed by atoms with Crippen LogP contribution < -0.4 is 10.6 Å². The molecule has 1 aliphatic heterocycles. The fourth-order valence-corrected chi connectivity index (χ4v) is 1.52. The summed E-state index contributed by atoms with van der Waals surface area (Å²) >= 11 is 0. The SMILES string of the molecule is CN1CCN(c2nccc(N)n2)CC1. The third-order valence-electron chi connectivity index (χ3n) is 2.45. The van der Waals surface area contributed by atoms with Crippen molar-refractivity contribution in [2.75, 3.05) is 43.9 Å². The predicted molar refractivity (Wildman–Crippen MR) is 56.2 cm³/mol. The molecule has 0 radical (unpaired) electrons. The van der Waals surface area contributed by atoms with Crippen LogP contribution in [0.1, 0.15) is 0 Å². The van der Waals surface area contributed by atoms with Gasteiger partial charge in [0.05, 0.1) is 0 Å². The van der Waals surface area contributed by atoms with Crippen LogP contribution >= 0.6 is 0 Å². The molecule has 0 amide bonds. The Hall–Kier alpha value is -1.36. The number of hydrogen-bond donors (Lipinski definition) is 1. The Morgan fingerprint density at radius 3 is 2.64 bits per heavy atom. The second kappa shape index (κ2) is 3.79. The highest BCUT2D eigenvalue weighted by molar-refractivity contribution is 5.37. The van der Waals surface area contributed by atoms with E-state index < -0.39 is 0 Å². The summed E-state index contributed by atoms with van der Waals surface area (Å²) < 4.78 is 0. The average Bonchev–Trinajstić information content (AvgIpc) is 2.19. The Labute approximate surface area is 83.5 Å². The zero-order chi connectivity index (χ0) is 9.97. The first-order valence-corrected chi connectivity index (χ1v) is 4.78. The van der Waals surface area contributed by atoms with Crippen molar-refractivity contribution in [2.24, 2.45) is 0 Å². The van der Waals surface area contributed by atoms with Crippen LogP contribution in [-0.2, 0) is 0 Å². The number of piperazine rings is 1. The van der Waals surface area contributed by atoms with E-state index in [1.54, 1.807) is 12.3 Å². The first-order valence-electron chi connectivity index (χ1n) is 4.78. The van der Waals surface area contributed by atoms with Crippen LogP contribution in [0.25, 0.3) is 0 Å². The number of nitrogen functional groups attached to an aromatic ring is 1. The van der Waals surface area contributed by atoms with E-state index in [1.807, 2.05) is 0 Å². The molecule has 1 fully saturated rings. The smallest absolute Gasteiger partial charge is 0.227 e. The van der Waals surface area contributed by atoms with Gasteiger partial charge in [0.2, 0.25) is 5.95 Å². The normalized spacial score (nSPS) is 18.5. The number of aromatic nitrogens is 2. The molecule has 0 spiro atoms. The molecule has 14 heavy (non-hydrogen) atoms. The van der Waals surface area contributed by atoms with Crippen LogP contribution in [0.3, 0.4) is 0 Å². The van der Waals surface area contributed by atoms with Gasteiger partial charge >= 0.3 is 0 Å². The van der Waals surface area contributed by atoms with Gasteiger partial charge in [-0.05, 0) is 13.1 Å². The largest absolute Gasteiger partial charge is 0.384 e. The number of hydrogen-bond acceptors (Lipinski definition) is 5. The van der Waals surface area contributed by atoms with Gasteiger partial charge in [0.15, 0.2) is 0 Å². The molecular weight excluding hydrogens is 178 g/mol. The molecule has 1 aliphatic rings. The highest BCUT2D eigenvalue weighted by Gasteiger charge is 2.15. The molecule has 1 aromatic rings. The van der Waals surface area contributed by atoms with E-state index in [2.05, 4.69) is 26.8 Å². The fourth-order valence-electron chi connectivity index (χ4n) is 1.52. The summed E-state index contributed by atoms with van der Waals surface area (Å²) in [5.74, 6) is 1.28. The summed E-state index contributed by atoms with van der Waals surface area (Å²) in [6.07, 6.45) is 1.70.